The van der Waals surface area contributed by atoms with Crippen LogP contribution in [0.1, 0.15) is 41.5 Å². The lowest BCUT2D eigenvalue weighted by atomic mass is 9.73. The first-order valence-corrected chi connectivity index (χ1v) is 5.84. The Morgan fingerprint density at radius 1 is 1.14 bits per heavy atom. The summed E-state index contributed by atoms with van der Waals surface area (Å²) in [5.41, 5.74) is 3.17. The van der Waals surface area contributed by atoms with Gasteiger partial charge in [0.05, 0.1) is 0 Å². The quantitative estimate of drug-likeness (QED) is 0.607. The van der Waals surface area contributed by atoms with Crippen LogP contribution in [0.3, 0.4) is 0 Å². The molecule has 0 saturated carbocycles. The topological polar surface area (TPSA) is 0 Å². The highest BCUT2D eigenvalue weighted by Gasteiger charge is 2.25. The molecule has 0 heteroatoms. The highest BCUT2D eigenvalue weighted by atomic mass is 14.3. The van der Waals surface area contributed by atoms with E-state index in [1.165, 1.54) is 0 Å². The normalized spacial score (nSPS) is 28.0. The third kappa shape index (κ3) is 2.10. The fourth-order valence-corrected chi connectivity index (χ4v) is 2.85. The van der Waals surface area contributed by atoms with E-state index < -0.39 is 0 Å². The van der Waals surface area contributed by atoms with Crippen molar-refractivity contribution in [3.8, 4) is 0 Å². The average molecular weight is 192 g/mol. The van der Waals surface area contributed by atoms with E-state index in [1.807, 2.05) is 0 Å². The van der Waals surface area contributed by atoms with Crippen molar-refractivity contribution in [3.05, 3.63) is 23.3 Å². The summed E-state index contributed by atoms with van der Waals surface area (Å²) in [6.07, 6.45) is 4.72. The number of hydrogen-bond acceptors (Lipinski definition) is 0. The van der Waals surface area contributed by atoms with Crippen molar-refractivity contribution in [1.29, 1.82) is 0 Å². The molecule has 0 aromatic carbocycles. The van der Waals surface area contributed by atoms with Crippen LogP contribution in [0.4, 0.5) is 0 Å². The molecule has 2 unspecified atom stereocenters. The Bertz CT molecular complexity index is 253. The zero-order chi connectivity index (χ0) is 10.9. The maximum atomic E-state index is 2.38. The van der Waals surface area contributed by atoms with E-state index in [-0.39, 0.29) is 0 Å². The summed E-state index contributed by atoms with van der Waals surface area (Å²) in [6.45, 7) is 13.9. The Morgan fingerprint density at radius 2 is 1.71 bits per heavy atom. The van der Waals surface area contributed by atoms with Gasteiger partial charge in [-0.05, 0) is 36.2 Å². The minimum absolute atomic E-state index is 0.667. The zero-order valence-electron chi connectivity index (χ0n) is 10.5. The van der Waals surface area contributed by atoms with Gasteiger partial charge in [-0.2, -0.15) is 0 Å². The molecule has 80 valence electrons. The van der Waals surface area contributed by atoms with Crippen LogP contribution >= 0.6 is 0 Å². The van der Waals surface area contributed by atoms with Gasteiger partial charge in [0.25, 0.3) is 0 Å². The summed E-state index contributed by atoms with van der Waals surface area (Å²) < 4.78 is 0. The van der Waals surface area contributed by atoms with Crippen LogP contribution in [0.25, 0.3) is 0 Å². The van der Waals surface area contributed by atoms with E-state index in [0.717, 1.165) is 11.8 Å². The molecule has 0 aromatic rings. The highest BCUT2D eigenvalue weighted by molar-refractivity contribution is 5.33. The van der Waals surface area contributed by atoms with Gasteiger partial charge in [-0.3, -0.25) is 0 Å². The van der Waals surface area contributed by atoms with Crippen molar-refractivity contribution in [2.24, 2.45) is 23.7 Å². The fraction of sp³-hybridized carbons (Fsp3) is 0.714. The Balaban J connectivity index is 3.02. The summed E-state index contributed by atoms with van der Waals surface area (Å²) in [7, 11) is 0. The van der Waals surface area contributed by atoms with E-state index in [9.17, 15) is 0 Å². The Labute approximate surface area is 89.1 Å². The lowest BCUT2D eigenvalue weighted by Crippen LogP contribution is -2.22. The molecule has 0 saturated heterocycles. The summed E-state index contributed by atoms with van der Waals surface area (Å²) in [5, 5.41) is 0. The SMILES string of the molecule is CC1=C(C(C)C)C=CC(C)C1C(C)C. The molecule has 0 nitrogen and oxygen atoms in total. The van der Waals surface area contributed by atoms with Gasteiger partial charge in [0.1, 0.15) is 0 Å². The molecule has 0 bridgehead atoms. The summed E-state index contributed by atoms with van der Waals surface area (Å²) >= 11 is 0. The minimum atomic E-state index is 0.667. The van der Waals surface area contributed by atoms with Gasteiger partial charge in [-0.15, -0.1) is 0 Å². The van der Waals surface area contributed by atoms with Gasteiger partial charge in [-0.1, -0.05) is 52.3 Å². The summed E-state index contributed by atoms with van der Waals surface area (Å²) in [4.78, 5) is 0. The van der Waals surface area contributed by atoms with Gasteiger partial charge in [0, 0.05) is 0 Å². The molecule has 0 heterocycles. The molecular weight excluding hydrogens is 168 g/mol. The third-order valence-corrected chi connectivity index (χ3v) is 3.44. The maximum Gasteiger partial charge on any atom is -0.0117 e. The lowest BCUT2D eigenvalue weighted by molar-refractivity contribution is 0.355. The van der Waals surface area contributed by atoms with E-state index in [1.54, 1.807) is 11.1 Å². The minimum Gasteiger partial charge on any atom is -0.0808 e. The van der Waals surface area contributed by atoms with Crippen molar-refractivity contribution >= 4 is 0 Å². The first-order valence-electron chi connectivity index (χ1n) is 5.84. The van der Waals surface area contributed by atoms with Gasteiger partial charge in [0.2, 0.25) is 0 Å². The van der Waals surface area contributed by atoms with E-state index >= 15 is 0 Å². The number of hydrogen-bond donors (Lipinski definition) is 0. The lowest BCUT2D eigenvalue weighted by Gasteiger charge is -2.32. The molecule has 1 rings (SSSR count). The van der Waals surface area contributed by atoms with E-state index in [0.29, 0.717) is 11.8 Å². The van der Waals surface area contributed by atoms with Crippen molar-refractivity contribution in [2.75, 3.05) is 0 Å². The molecular formula is C14H24. The molecule has 0 amide bonds. The predicted octanol–water partition coefficient (Wildman–Crippen LogP) is 4.44. The predicted molar refractivity (Wildman–Crippen MR) is 64.2 cm³/mol. The van der Waals surface area contributed by atoms with Crippen LogP contribution in [-0.4, -0.2) is 0 Å². The first-order chi connectivity index (χ1) is 6.45. The van der Waals surface area contributed by atoms with Crippen LogP contribution in [0.2, 0.25) is 0 Å². The molecule has 0 aromatic heterocycles. The van der Waals surface area contributed by atoms with Gasteiger partial charge in [0.15, 0.2) is 0 Å². The van der Waals surface area contributed by atoms with Crippen LogP contribution in [0.15, 0.2) is 23.3 Å². The fourth-order valence-electron chi connectivity index (χ4n) is 2.85. The standard InChI is InChI=1S/C14H24/c1-9(2)13-8-7-11(5)14(10(3)4)12(13)6/h7-11,14H,1-6H3. The highest BCUT2D eigenvalue weighted by Crippen LogP contribution is 2.37. The van der Waals surface area contributed by atoms with E-state index in [4.69, 9.17) is 0 Å². The van der Waals surface area contributed by atoms with Crippen molar-refractivity contribution in [2.45, 2.75) is 41.5 Å². The zero-order valence-corrected chi connectivity index (χ0v) is 10.5. The first kappa shape index (κ1) is 11.6. The van der Waals surface area contributed by atoms with Crippen molar-refractivity contribution < 1.29 is 0 Å². The van der Waals surface area contributed by atoms with Gasteiger partial charge >= 0.3 is 0 Å². The molecule has 0 aliphatic heterocycles. The Hall–Kier alpha value is -0.520. The molecule has 0 radical (unpaired) electrons. The Kier molecular flexibility index (Phi) is 3.58. The number of rotatable bonds is 2. The largest absolute Gasteiger partial charge is 0.0808 e. The van der Waals surface area contributed by atoms with Gasteiger partial charge in [-0.25, -0.2) is 0 Å². The smallest absolute Gasteiger partial charge is 0.0117 e. The van der Waals surface area contributed by atoms with Crippen molar-refractivity contribution in [3.63, 3.8) is 0 Å². The molecule has 0 fully saturated rings. The summed E-state index contributed by atoms with van der Waals surface area (Å²) in [5.74, 6) is 2.87. The monoisotopic (exact) mass is 192 g/mol. The average Bonchev–Trinajstić information content (AvgIpc) is 2.02. The molecule has 0 spiro atoms. The molecule has 2 atom stereocenters. The summed E-state index contributed by atoms with van der Waals surface area (Å²) in [6, 6.07) is 0. The molecule has 0 N–H and O–H groups in total. The number of allylic oxidation sites excluding steroid dienone is 4. The third-order valence-electron chi connectivity index (χ3n) is 3.44. The molecule has 14 heavy (non-hydrogen) atoms. The van der Waals surface area contributed by atoms with Crippen LogP contribution < -0.4 is 0 Å². The maximum absolute atomic E-state index is 2.38. The van der Waals surface area contributed by atoms with E-state index in [2.05, 4.69) is 53.7 Å². The second kappa shape index (κ2) is 4.33. The van der Waals surface area contributed by atoms with Crippen molar-refractivity contribution in [1.82, 2.24) is 0 Å². The van der Waals surface area contributed by atoms with Gasteiger partial charge < -0.3 is 0 Å². The molecule has 1 aliphatic rings. The second-order valence-electron chi connectivity index (χ2n) is 5.28. The Morgan fingerprint density at radius 3 is 2.14 bits per heavy atom. The second-order valence-corrected chi connectivity index (χ2v) is 5.28. The molecule has 1 aliphatic carbocycles. The van der Waals surface area contributed by atoms with Crippen LogP contribution in [0, 0.1) is 23.7 Å². The van der Waals surface area contributed by atoms with Crippen LogP contribution in [0.5, 0.6) is 0 Å². The van der Waals surface area contributed by atoms with Crippen LogP contribution in [-0.2, 0) is 0 Å².